The molecule has 2 atom stereocenters. The van der Waals surface area contributed by atoms with Crippen LogP contribution in [0.25, 0.3) is 0 Å². The first kappa shape index (κ1) is 16.4. The largest absolute Gasteiger partial charge is 0.380 e. The number of benzene rings is 1. The topological polar surface area (TPSA) is 21.3 Å². The van der Waals surface area contributed by atoms with Crippen LogP contribution in [-0.2, 0) is 11.2 Å². The van der Waals surface area contributed by atoms with Gasteiger partial charge in [0.1, 0.15) is 5.82 Å². The molecule has 19 heavy (non-hydrogen) atoms. The Morgan fingerprint density at radius 3 is 2.58 bits per heavy atom. The monoisotopic (exact) mass is 287 g/mol. The quantitative estimate of drug-likeness (QED) is 0.826. The Morgan fingerprint density at radius 1 is 1.37 bits per heavy atom. The van der Waals surface area contributed by atoms with Gasteiger partial charge in [0.15, 0.2) is 0 Å². The summed E-state index contributed by atoms with van der Waals surface area (Å²) in [5, 5.41) is 3.62. The molecule has 0 aliphatic rings. The fraction of sp³-hybridized carbons (Fsp3) is 0.600. The van der Waals surface area contributed by atoms with Crippen molar-refractivity contribution in [1.82, 2.24) is 5.32 Å². The number of methoxy groups -OCH3 is 1. The molecule has 0 heterocycles. The smallest absolute Gasteiger partial charge is 0.142 e. The third kappa shape index (κ3) is 4.44. The van der Waals surface area contributed by atoms with E-state index >= 15 is 0 Å². The van der Waals surface area contributed by atoms with Gasteiger partial charge in [-0.1, -0.05) is 44.5 Å². The number of hydrogen-bond acceptors (Lipinski definition) is 2. The highest BCUT2D eigenvalue weighted by Gasteiger charge is 2.24. The minimum atomic E-state index is -0.368. The zero-order valence-corrected chi connectivity index (χ0v) is 12.8. The predicted octanol–water partition coefficient (Wildman–Crippen LogP) is 3.67. The van der Waals surface area contributed by atoms with Crippen LogP contribution in [0.1, 0.15) is 26.3 Å². The summed E-state index contributed by atoms with van der Waals surface area (Å²) in [7, 11) is 1.71. The number of rotatable bonds is 7. The lowest BCUT2D eigenvalue weighted by molar-refractivity contribution is 0.0337. The minimum absolute atomic E-state index is 0.0688. The molecule has 2 unspecified atom stereocenters. The number of hydrogen-bond donors (Lipinski definition) is 1. The molecular formula is C15H23ClFNO. The maximum Gasteiger partial charge on any atom is 0.142 e. The summed E-state index contributed by atoms with van der Waals surface area (Å²) in [5.74, 6) is 0.00862. The van der Waals surface area contributed by atoms with Gasteiger partial charge in [0, 0.05) is 13.2 Å². The number of nitrogens with one attached hydrogen (secondary N) is 1. The summed E-state index contributed by atoms with van der Waals surface area (Å²) in [5.41, 5.74) is 0.815. The first-order valence-electron chi connectivity index (χ1n) is 6.70. The van der Waals surface area contributed by atoms with Gasteiger partial charge in [-0.3, -0.25) is 0 Å². The lowest BCUT2D eigenvalue weighted by atomic mass is 9.93. The van der Waals surface area contributed by atoms with E-state index in [0.717, 1.165) is 12.1 Å². The van der Waals surface area contributed by atoms with Crippen LogP contribution in [-0.4, -0.2) is 25.8 Å². The van der Waals surface area contributed by atoms with Crippen LogP contribution in [0.5, 0.6) is 0 Å². The Balaban J connectivity index is 2.91. The second-order valence-corrected chi connectivity index (χ2v) is 5.40. The summed E-state index contributed by atoms with van der Waals surface area (Å²) in [6.45, 7) is 7.12. The highest BCUT2D eigenvalue weighted by atomic mass is 35.5. The summed E-state index contributed by atoms with van der Waals surface area (Å²) in [6, 6.07) is 5.05. The van der Waals surface area contributed by atoms with E-state index in [1.807, 2.05) is 13.0 Å². The van der Waals surface area contributed by atoms with Gasteiger partial charge >= 0.3 is 0 Å². The summed E-state index contributed by atoms with van der Waals surface area (Å²) in [6.07, 6.45) is 0.723. The molecule has 0 aliphatic heterocycles. The van der Waals surface area contributed by atoms with Gasteiger partial charge in [-0.2, -0.15) is 0 Å². The maximum absolute atomic E-state index is 13.5. The molecule has 108 valence electrons. The SMILES string of the molecule is CCNC(Cc1cccc(F)c1Cl)C(OC)C(C)C. The van der Waals surface area contributed by atoms with E-state index in [4.69, 9.17) is 16.3 Å². The third-order valence-electron chi connectivity index (χ3n) is 3.26. The summed E-state index contributed by atoms with van der Waals surface area (Å²) in [4.78, 5) is 0. The van der Waals surface area contributed by atoms with Crippen molar-refractivity contribution in [2.45, 2.75) is 39.3 Å². The number of ether oxygens (including phenoxy) is 1. The fourth-order valence-electron chi connectivity index (χ4n) is 2.41. The van der Waals surface area contributed by atoms with Crippen LogP contribution in [0.2, 0.25) is 5.02 Å². The van der Waals surface area contributed by atoms with Crippen molar-refractivity contribution >= 4 is 11.6 Å². The van der Waals surface area contributed by atoms with Crippen LogP contribution in [0.3, 0.4) is 0 Å². The standard InChI is InChI=1S/C15H23ClFNO/c1-5-18-13(15(19-4)10(2)3)9-11-7-6-8-12(17)14(11)16/h6-8,10,13,15,18H,5,9H2,1-4H3. The van der Waals surface area contributed by atoms with E-state index in [2.05, 4.69) is 19.2 Å². The molecule has 1 rings (SSSR count). The normalized spacial score (nSPS) is 14.7. The molecule has 0 amide bonds. The average Bonchev–Trinajstić information content (AvgIpc) is 2.35. The first-order valence-corrected chi connectivity index (χ1v) is 7.08. The molecule has 1 N–H and O–H groups in total. The highest BCUT2D eigenvalue weighted by Crippen LogP contribution is 2.23. The molecule has 0 bridgehead atoms. The molecule has 0 radical (unpaired) electrons. The van der Waals surface area contributed by atoms with E-state index in [1.54, 1.807) is 13.2 Å². The lowest BCUT2D eigenvalue weighted by Crippen LogP contribution is -2.45. The second kappa shape index (κ2) is 7.83. The molecule has 4 heteroatoms. The van der Waals surface area contributed by atoms with Gasteiger partial charge in [-0.05, 0) is 30.5 Å². The summed E-state index contributed by atoms with van der Waals surface area (Å²) < 4.78 is 19.0. The molecule has 0 aromatic heterocycles. The molecule has 0 spiro atoms. The molecule has 0 fully saturated rings. The number of likely N-dealkylation sites (N-methyl/N-ethyl adjacent to an activating group) is 1. The minimum Gasteiger partial charge on any atom is -0.380 e. The zero-order valence-electron chi connectivity index (χ0n) is 12.0. The Hall–Kier alpha value is -0.640. The van der Waals surface area contributed by atoms with E-state index in [1.165, 1.54) is 6.07 Å². The van der Waals surface area contributed by atoms with E-state index in [-0.39, 0.29) is 23.0 Å². The van der Waals surface area contributed by atoms with Crippen molar-refractivity contribution in [2.75, 3.05) is 13.7 Å². The first-order chi connectivity index (χ1) is 9.01. The van der Waals surface area contributed by atoms with E-state index in [9.17, 15) is 4.39 Å². The van der Waals surface area contributed by atoms with E-state index < -0.39 is 0 Å². The van der Waals surface area contributed by atoms with Crippen LogP contribution < -0.4 is 5.32 Å². The third-order valence-corrected chi connectivity index (χ3v) is 3.69. The second-order valence-electron chi connectivity index (χ2n) is 5.03. The highest BCUT2D eigenvalue weighted by molar-refractivity contribution is 6.31. The van der Waals surface area contributed by atoms with Crippen LogP contribution in [0, 0.1) is 11.7 Å². The maximum atomic E-state index is 13.5. The van der Waals surface area contributed by atoms with Crippen molar-refractivity contribution in [1.29, 1.82) is 0 Å². The van der Waals surface area contributed by atoms with Gasteiger partial charge in [-0.15, -0.1) is 0 Å². The molecule has 0 saturated heterocycles. The molecule has 2 nitrogen and oxygen atoms in total. The Kier molecular flexibility index (Phi) is 6.76. The van der Waals surface area contributed by atoms with Gasteiger partial charge < -0.3 is 10.1 Å². The van der Waals surface area contributed by atoms with Crippen molar-refractivity contribution < 1.29 is 9.13 Å². The molecule has 1 aromatic carbocycles. The van der Waals surface area contributed by atoms with Crippen molar-refractivity contribution in [3.63, 3.8) is 0 Å². The van der Waals surface area contributed by atoms with Gasteiger partial charge in [0.05, 0.1) is 11.1 Å². The van der Waals surface area contributed by atoms with E-state index in [0.29, 0.717) is 12.3 Å². The van der Waals surface area contributed by atoms with Crippen molar-refractivity contribution in [3.8, 4) is 0 Å². The molecule has 1 aromatic rings. The molecule has 0 saturated carbocycles. The summed E-state index contributed by atoms with van der Waals surface area (Å²) >= 11 is 6.02. The fourth-order valence-corrected chi connectivity index (χ4v) is 2.61. The average molecular weight is 288 g/mol. The van der Waals surface area contributed by atoms with Gasteiger partial charge in [0.2, 0.25) is 0 Å². The van der Waals surface area contributed by atoms with Crippen LogP contribution in [0.15, 0.2) is 18.2 Å². The van der Waals surface area contributed by atoms with Gasteiger partial charge in [0.25, 0.3) is 0 Å². The number of halogens is 2. The molecule has 0 aliphatic carbocycles. The predicted molar refractivity (Wildman–Crippen MR) is 78.2 cm³/mol. The van der Waals surface area contributed by atoms with Crippen LogP contribution >= 0.6 is 11.6 Å². The van der Waals surface area contributed by atoms with Crippen LogP contribution in [0.4, 0.5) is 4.39 Å². The Bertz CT molecular complexity index is 398. The van der Waals surface area contributed by atoms with Crippen molar-refractivity contribution in [3.05, 3.63) is 34.6 Å². The van der Waals surface area contributed by atoms with Gasteiger partial charge in [-0.25, -0.2) is 4.39 Å². The zero-order chi connectivity index (χ0) is 14.4. The molecular weight excluding hydrogens is 265 g/mol. The lowest BCUT2D eigenvalue weighted by Gasteiger charge is -2.30. The van der Waals surface area contributed by atoms with Crippen molar-refractivity contribution in [2.24, 2.45) is 5.92 Å². The Morgan fingerprint density at radius 2 is 2.05 bits per heavy atom. The Labute approximate surface area is 120 Å².